The fourth-order valence-electron chi connectivity index (χ4n) is 1.92. The average Bonchev–Trinajstić information content (AvgIpc) is 2.82. The fourth-order valence-corrected chi connectivity index (χ4v) is 2.87. The number of thiophene rings is 1. The van der Waals surface area contributed by atoms with Crippen molar-refractivity contribution in [3.8, 4) is 5.88 Å². The van der Waals surface area contributed by atoms with Crippen molar-refractivity contribution in [1.82, 2.24) is 9.55 Å². The zero-order valence-corrected chi connectivity index (χ0v) is 11.7. The van der Waals surface area contributed by atoms with Gasteiger partial charge in [0.15, 0.2) is 0 Å². The number of aryl methyl sites for hydroxylation is 1. The van der Waals surface area contributed by atoms with Crippen LogP contribution in [0.2, 0.25) is 0 Å². The van der Waals surface area contributed by atoms with Crippen molar-refractivity contribution >= 4 is 11.3 Å². The van der Waals surface area contributed by atoms with Gasteiger partial charge in [0.25, 0.3) is 5.56 Å². The van der Waals surface area contributed by atoms with Gasteiger partial charge >= 0.3 is 5.69 Å². The highest BCUT2D eigenvalue weighted by molar-refractivity contribution is 7.11. The quantitative estimate of drug-likeness (QED) is 0.890. The lowest BCUT2D eigenvalue weighted by atomic mass is 10.2. The highest BCUT2D eigenvalue weighted by Crippen LogP contribution is 2.20. The van der Waals surface area contributed by atoms with E-state index in [9.17, 15) is 14.7 Å². The molecule has 2 rings (SSSR count). The summed E-state index contributed by atoms with van der Waals surface area (Å²) < 4.78 is 1.20. The van der Waals surface area contributed by atoms with Crippen molar-refractivity contribution in [1.29, 1.82) is 0 Å². The van der Waals surface area contributed by atoms with Gasteiger partial charge in [-0.3, -0.25) is 14.3 Å². The number of aromatic hydroxyl groups is 1. The molecular formula is C13H16N2O3S. The Morgan fingerprint density at radius 1 is 1.21 bits per heavy atom. The van der Waals surface area contributed by atoms with E-state index in [0.717, 1.165) is 11.3 Å². The van der Waals surface area contributed by atoms with E-state index in [1.165, 1.54) is 9.44 Å². The number of aromatic amines is 1. The molecule has 0 aliphatic heterocycles. The largest absolute Gasteiger partial charge is 0.494 e. The summed E-state index contributed by atoms with van der Waals surface area (Å²) in [4.78, 5) is 27.7. The molecule has 2 heterocycles. The van der Waals surface area contributed by atoms with Crippen molar-refractivity contribution in [3.05, 3.63) is 48.3 Å². The van der Waals surface area contributed by atoms with E-state index < -0.39 is 11.2 Å². The van der Waals surface area contributed by atoms with Gasteiger partial charge in [-0.25, -0.2) is 4.79 Å². The third-order valence-electron chi connectivity index (χ3n) is 3.00. The van der Waals surface area contributed by atoms with Crippen LogP contribution in [0.3, 0.4) is 0 Å². The van der Waals surface area contributed by atoms with Crippen LogP contribution in [-0.2, 0) is 19.4 Å². The van der Waals surface area contributed by atoms with E-state index in [-0.39, 0.29) is 18.0 Å². The molecule has 0 amide bonds. The Bertz CT molecular complexity index is 697. The SMILES string of the molecule is CCc1ccc(Cn2c(O)c(CC)c(=O)[nH]c2=O)s1. The second kappa shape index (κ2) is 5.44. The second-order valence-corrected chi connectivity index (χ2v) is 5.48. The minimum absolute atomic E-state index is 0.234. The van der Waals surface area contributed by atoms with Crippen molar-refractivity contribution in [2.24, 2.45) is 0 Å². The van der Waals surface area contributed by atoms with Gasteiger partial charge in [-0.1, -0.05) is 13.8 Å². The Hall–Kier alpha value is -1.82. The topological polar surface area (TPSA) is 75.1 Å². The molecular weight excluding hydrogens is 264 g/mol. The Morgan fingerprint density at radius 3 is 2.47 bits per heavy atom. The molecule has 102 valence electrons. The number of hydrogen-bond donors (Lipinski definition) is 2. The standard InChI is InChI=1S/C13H16N2O3S/c1-3-8-5-6-9(19-8)7-15-12(17)10(4-2)11(16)14-13(15)18/h5-6,17H,3-4,7H2,1-2H3,(H,14,16,18). The lowest BCUT2D eigenvalue weighted by molar-refractivity contribution is 0.402. The van der Waals surface area contributed by atoms with Gasteiger partial charge in [0.05, 0.1) is 12.1 Å². The van der Waals surface area contributed by atoms with Crippen LogP contribution >= 0.6 is 11.3 Å². The summed E-state index contributed by atoms with van der Waals surface area (Å²) in [5.41, 5.74) is -0.848. The van der Waals surface area contributed by atoms with Crippen molar-refractivity contribution < 1.29 is 5.11 Å². The number of H-pyrrole nitrogens is 1. The second-order valence-electron chi connectivity index (χ2n) is 4.22. The number of rotatable bonds is 4. The minimum atomic E-state index is -0.578. The summed E-state index contributed by atoms with van der Waals surface area (Å²) in [5, 5.41) is 10.0. The highest BCUT2D eigenvalue weighted by atomic mass is 32.1. The summed E-state index contributed by atoms with van der Waals surface area (Å²) in [6.07, 6.45) is 1.32. The van der Waals surface area contributed by atoms with Crippen LogP contribution in [0, 0.1) is 0 Å². The number of nitrogens with one attached hydrogen (secondary N) is 1. The zero-order chi connectivity index (χ0) is 14.0. The summed E-state index contributed by atoms with van der Waals surface area (Å²) in [6, 6.07) is 3.95. The molecule has 0 radical (unpaired) electrons. The van der Waals surface area contributed by atoms with Gasteiger partial charge in [-0.05, 0) is 25.0 Å². The van der Waals surface area contributed by atoms with Crippen molar-refractivity contribution in [2.45, 2.75) is 33.2 Å². The molecule has 0 aromatic carbocycles. The Morgan fingerprint density at radius 2 is 1.89 bits per heavy atom. The fraction of sp³-hybridized carbons (Fsp3) is 0.385. The van der Waals surface area contributed by atoms with Crippen LogP contribution in [0.4, 0.5) is 0 Å². The number of nitrogens with zero attached hydrogens (tertiary/aromatic N) is 1. The Labute approximate surface area is 114 Å². The monoisotopic (exact) mass is 280 g/mol. The first-order valence-electron chi connectivity index (χ1n) is 6.19. The lowest BCUT2D eigenvalue weighted by Crippen LogP contribution is -2.32. The first-order chi connectivity index (χ1) is 9.06. The molecule has 6 heteroatoms. The van der Waals surface area contributed by atoms with E-state index >= 15 is 0 Å². The lowest BCUT2D eigenvalue weighted by Gasteiger charge is -2.09. The van der Waals surface area contributed by atoms with Gasteiger partial charge in [0.1, 0.15) is 0 Å². The molecule has 0 spiro atoms. The summed E-state index contributed by atoms with van der Waals surface area (Å²) in [6.45, 7) is 4.10. The molecule has 0 aliphatic rings. The van der Waals surface area contributed by atoms with Gasteiger partial charge in [-0.2, -0.15) is 0 Å². The zero-order valence-electron chi connectivity index (χ0n) is 10.9. The van der Waals surface area contributed by atoms with Gasteiger partial charge < -0.3 is 5.11 Å². The molecule has 2 N–H and O–H groups in total. The normalized spacial score (nSPS) is 10.8. The molecule has 0 bridgehead atoms. The molecule has 5 nitrogen and oxygen atoms in total. The summed E-state index contributed by atoms with van der Waals surface area (Å²) in [5.74, 6) is -0.234. The van der Waals surface area contributed by atoms with E-state index in [2.05, 4.69) is 11.9 Å². The molecule has 0 saturated heterocycles. The summed E-state index contributed by atoms with van der Waals surface area (Å²) >= 11 is 1.60. The summed E-state index contributed by atoms with van der Waals surface area (Å²) in [7, 11) is 0. The van der Waals surface area contributed by atoms with Crippen LogP contribution in [0.15, 0.2) is 21.7 Å². The first kappa shape index (κ1) is 13.6. The molecule has 0 aliphatic carbocycles. The smallest absolute Gasteiger partial charge is 0.331 e. The van der Waals surface area contributed by atoms with Crippen LogP contribution in [0.5, 0.6) is 5.88 Å². The highest BCUT2D eigenvalue weighted by Gasteiger charge is 2.13. The predicted molar refractivity (Wildman–Crippen MR) is 75.2 cm³/mol. The van der Waals surface area contributed by atoms with E-state index in [4.69, 9.17) is 0 Å². The van der Waals surface area contributed by atoms with Crippen LogP contribution in [-0.4, -0.2) is 14.7 Å². The Balaban J connectivity index is 2.45. The maximum Gasteiger partial charge on any atom is 0.331 e. The average molecular weight is 280 g/mol. The molecule has 0 atom stereocenters. The van der Waals surface area contributed by atoms with Crippen LogP contribution in [0.25, 0.3) is 0 Å². The third kappa shape index (κ3) is 2.63. The van der Waals surface area contributed by atoms with E-state index in [1.807, 2.05) is 12.1 Å². The number of hydrogen-bond acceptors (Lipinski definition) is 4. The molecule has 0 fully saturated rings. The van der Waals surface area contributed by atoms with Crippen LogP contribution in [0.1, 0.15) is 29.2 Å². The Kier molecular flexibility index (Phi) is 3.90. The van der Waals surface area contributed by atoms with Gasteiger partial charge in [-0.15, -0.1) is 11.3 Å². The first-order valence-corrected chi connectivity index (χ1v) is 7.01. The van der Waals surface area contributed by atoms with Crippen molar-refractivity contribution in [2.75, 3.05) is 0 Å². The van der Waals surface area contributed by atoms with Gasteiger partial charge in [0.2, 0.25) is 5.88 Å². The molecule has 19 heavy (non-hydrogen) atoms. The van der Waals surface area contributed by atoms with Crippen molar-refractivity contribution in [3.63, 3.8) is 0 Å². The third-order valence-corrected chi connectivity index (χ3v) is 4.21. The molecule has 2 aromatic rings. The maximum atomic E-state index is 11.8. The van der Waals surface area contributed by atoms with E-state index in [0.29, 0.717) is 6.42 Å². The molecule has 0 saturated carbocycles. The van der Waals surface area contributed by atoms with Crippen LogP contribution < -0.4 is 11.2 Å². The molecule has 0 unspecified atom stereocenters. The maximum absolute atomic E-state index is 11.8. The van der Waals surface area contributed by atoms with Gasteiger partial charge in [0, 0.05) is 9.75 Å². The molecule has 2 aromatic heterocycles. The predicted octanol–water partition coefficient (Wildman–Crippen LogP) is 1.48. The van der Waals surface area contributed by atoms with E-state index in [1.54, 1.807) is 18.3 Å². The number of aromatic nitrogens is 2. The minimum Gasteiger partial charge on any atom is -0.494 e.